The number of hydrogen-bond donors (Lipinski definition) is 0. The first kappa shape index (κ1) is 11.0. The van der Waals surface area contributed by atoms with Gasteiger partial charge in [-0.3, -0.25) is 0 Å². The van der Waals surface area contributed by atoms with Gasteiger partial charge >= 0.3 is 0 Å². The minimum atomic E-state index is -0.880. The summed E-state index contributed by atoms with van der Waals surface area (Å²) in [4.78, 5) is 7.73. The molecule has 1 rings (SSSR count). The van der Waals surface area contributed by atoms with Gasteiger partial charge in [0.2, 0.25) is 5.82 Å². The maximum Gasteiger partial charge on any atom is 0.206 e. The summed E-state index contributed by atoms with van der Waals surface area (Å²) in [5.41, 5.74) is 0.341. The first-order chi connectivity index (χ1) is 6.38. The summed E-state index contributed by atoms with van der Waals surface area (Å²) in [6.45, 7) is 1.60. The SMILES string of the molecule is Cc1nc(C#CS(C)(C)C)ncc1F. The molecule has 4 heteroatoms. The normalized spacial score (nSPS) is 11.8. The van der Waals surface area contributed by atoms with Crippen molar-refractivity contribution < 1.29 is 4.39 Å². The average molecular weight is 212 g/mol. The second kappa shape index (κ2) is 3.97. The zero-order valence-electron chi connectivity index (χ0n) is 8.76. The van der Waals surface area contributed by atoms with Crippen molar-refractivity contribution in [3.05, 3.63) is 23.5 Å². The molecule has 0 aliphatic carbocycles. The molecule has 2 nitrogen and oxygen atoms in total. The Balaban J connectivity index is 2.98. The molecule has 0 N–H and O–H groups in total. The molecule has 0 aliphatic rings. The van der Waals surface area contributed by atoms with Gasteiger partial charge in [0.25, 0.3) is 0 Å². The van der Waals surface area contributed by atoms with E-state index in [1.54, 1.807) is 6.92 Å². The van der Waals surface area contributed by atoms with Gasteiger partial charge in [-0.25, -0.2) is 14.4 Å². The van der Waals surface area contributed by atoms with Gasteiger partial charge in [-0.1, -0.05) is 0 Å². The third kappa shape index (κ3) is 3.35. The van der Waals surface area contributed by atoms with E-state index in [-0.39, 0.29) is 0 Å². The van der Waals surface area contributed by atoms with E-state index in [0.29, 0.717) is 11.5 Å². The monoisotopic (exact) mass is 212 g/mol. The summed E-state index contributed by atoms with van der Waals surface area (Å²) >= 11 is 0. The number of halogens is 1. The van der Waals surface area contributed by atoms with Gasteiger partial charge in [-0.05, 0) is 36.9 Å². The van der Waals surface area contributed by atoms with Crippen LogP contribution in [-0.2, 0) is 0 Å². The average Bonchev–Trinajstić information content (AvgIpc) is 2.06. The highest BCUT2D eigenvalue weighted by atomic mass is 32.3. The Kier molecular flexibility index (Phi) is 3.12. The van der Waals surface area contributed by atoms with Crippen molar-refractivity contribution in [1.29, 1.82) is 0 Å². The number of rotatable bonds is 0. The van der Waals surface area contributed by atoms with E-state index in [0.717, 1.165) is 6.20 Å². The van der Waals surface area contributed by atoms with Crippen LogP contribution in [0.1, 0.15) is 11.5 Å². The number of aryl methyl sites for hydroxylation is 1. The van der Waals surface area contributed by atoms with Crippen LogP contribution in [0.5, 0.6) is 0 Å². The van der Waals surface area contributed by atoms with Crippen LogP contribution in [0.3, 0.4) is 0 Å². The fourth-order valence-corrected chi connectivity index (χ4v) is 1.11. The minimum Gasteiger partial charge on any atom is -0.226 e. The van der Waals surface area contributed by atoms with Gasteiger partial charge in [0.1, 0.15) is 0 Å². The summed E-state index contributed by atoms with van der Waals surface area (Å²) in [5, 5.41) is 3.07. The molecular weight excluding hydrogens is 199 g/mol. The fraction of sp³-hybridized carbons (Fsp3) is 0.400. The van der Waals surface area contributed by atoms with Crippen molar-refractivity contribution >= 4 is 10.0 Å². The summed E-state index contributed by atoms with van der Waals surface area (Å²) in [6, 6.07) is 0. The first-order valence-electron chi connectivity index (χ1n) is 4.09. The molecule has 0 amide bonds. The molecule has 0 fully saturated rings. The number of nitrogens with zero attached hydrogens (tertiary/aromatic N) is 2. The van der Waals surface area contributed by atoms with Gasteiger partial charge in [-0.2, -0.15) is 10.0 Å². The third-order valence-electron chi connectivity index (χ3n) is 1.39. The molecule has 1 heterocycles. The highest BCUT2D eigenvalue weighted by Crippen LogP contribution is 2.32. The Hall–Kier alpha value is -1.08. The van der Waals surface area contributed by atoms with Crippen molar-refractivity contribution in [1.82, 2.24) is 9.97 Å². The van der Waals surface area contributed by atoms with Crippen LogP contribution in [-0.4, -0.2) is 28.7 Å². The lowest BCUT2D eigenvalue weighted by molar-refractivity contribution is 0.600. The fourth-order valence-electron chi connectivity index (χ4n) is 0.711. The van der Waals surface area contributed by atoms with Crippen LogP contribution >= 0.6 is 10.0 Å². The van der Waals surface area contributed by atoms with Gasteiger partial charge < -0.3 is 0 Å². The zero-order valence-corrected chi connectivity index (χ0v) is 9.57. The quantitative estimate of drug-likeness (QED) is 0.614. The highest BCUT2D eigenvalue weighted by Gasteiger charge is 2.00. The lowest BCUT2D eigenvalue weighted by atomic mass is 10.4. The molecule has 14 heavy (non-hydrogen) atoms. The molecule has 0 atom stereocenters. The van der Waals surface area contributed by atoms with Crippen LogP contribution in [0.15, 0.2) is 6.20 Å². The van der Waals surface area contributed by atoms with Crippen LogP contribution in [0.2, 0.25) is 0 Å². The van der Waals surface area contributed by atoms with Crippen molar-refractivity contribution in [2.75, 3.05) is 18.8 Å². The smallest absolute Gasteiger partial charge is 0.206 e. The molecule has 0 radical (unpaired) electrons. The molecule has 0 spiro atoms. The standard InChI is InChI=1S/C10H13FN2S/c1-8-9(11)7-12-10(13-8)5-6-14(2,3)4/h7H,1-4H3. The van der Waals surface area contributed by atoms with Crippen LogP contribution in [0, 0.1) is 23.9 Å². The van der Waals surface area contributed by atoms with E-state index in [4.69, 9.17) is 0 Å². The van der Waals surface area contributed by atoms with Crippen LogP contribution < -0.4 is 0 Å². The van der Waals surface area contributed by atoms with Gasteiger partial charge in [-0.15, -0.1) is 0 Å². The van der Waals surface area contributed by atoms with Gasteiger partial charge in [0.05, 0.1) is 11.9 Å². The molecule has 0 saturated heterocycles. The lowest BCUT2D eigenvalue weighted by Gasteiger charge is -2.14. The van der Waals surface area contributed by atoms with E-state index in [1.165, 1.54) is 0 Å². The molecule has 1 aromatic rings. The van der Waals surface area contributed by atoms with Crippen LogP contribution in [0.25, 0.3) is 0 Å². The predicted octanol–water partition coefficient (Wildman–Crippen LogP) is 1.93. The summed E-state index contributed by atoms with van der Waals surface area (Å²) in [6.07, 6.45) is 7.40. The van der Waals surface area contributed by atoms with Crippen molar-refractivity contribution in [2.45, 2.75) is 6.92 Å². The van der Waals surface area contributed by atoms with Gasteiger partial charge in [0.15, 0.2) is 5.82 Å². The second-order valence-corrected chi connectivity index (χ2v) is 7.57. The molecule has 0 saturated carbocycles. The summed E-state index contributed by atoms with van der Waals surface area (Å²) in [5.74, 6) is 2.86. The summed E-state index contributed by atoms with van der Waals surface area (Å²) in [7, 11) is -0.880. The Morgan fingerprint density at radius 1 is 1.36 bits per heavy atom. The first-order valence-corrected chi connectivity index (χ1v) is 6.94. The minimum absolute atomic E-state index is 0.341. The third-order valence-corrected chi connectivity index (χ3v) is 2.10. The molecule has 0 bridgehead atoms. The highest BCUT2D eigenvalue weighted by molar-refractivity contribution is 8.35. The molecule has 0 aliphatic heterocycles. The zero-order chi connectivity index (χ0) is 10.8. The molecular formula is C10H13FN2S. The molecule has 1 aromatic heterocycles. The maximum absolute atomic E-state index is 12.8. The number of hydrogen-bond acceptors (Lipinski definition) is 2. The van der Waals surface area contributed by atoms with E-state index < -0.39 is 15.8 Å². The van der Waals surface area contributed by atoms with Crippen molar-refractivity contribution in [3.63, 3.8) is 0 Å². The second-order valence-electron chi connectivity index (χ2n) is 3.69. The predicted molar refractivity (Wildman–Crippen MR) is 59.0 cm³/mol. The topological polar surface area (TPSA) is 25.8 Å². The molecule has 0 unspecified atom stereocenters. The summed E-state index contributed by atoms with van der Waals surface area (Å²) < 4.78 is 12.8. The van der Waals surface area contributed by atoms with Gasteiger partial charge in [0, 0.05) is 0 Å². The Morgan fingerprint density at radius 3 is 2.50 bits per heavy atom. The van der Waals surface area contributed by atoms with E-state index >= 15 is 0 Å². The Bertz CT molecular complexity index is 399. The lowest BCUT2D eigenvalue weighted by Crippen LogP contribution is -1.95. The Morgan fingerprint density at radius 2 is 2.00 bits per heavy atom. The Labute approximate surface area is 85.3 Å². The van der Waals surface area contributed by atoms with E-state index in [2.05, 4.69) is 39.9 Å². The van der Waals surface area contributed by atoms with Crippen LogP contribution in [0.4, 0.5) is 4.39 Å². The molecule has 76 valence electrons. The number of aromatic nitrogens is 2. The van der Waals surface area contributed by atoms with Crippen molar-refractivity contribution in [3.8, 4) is 11.2 Å². The van der Waals surface area contributed by atoms with E-state index in [1.807, 2.05) is 0 Å². The molecule has 0 aromatic carbocycles. The largest absolute Gasteiger partial charge is 0.226 e. The van der Waals surface area contributed by atoms with E-state index in [9.17, 15) is 4.39 Å². The van der Waals surface area contributed by atoms with Crippen molar-refractivity contribution in [2.24, 2.45) is 0 Å². The maximum atomic E-state index is 12.8.